The molecule has 164 valence electrons. The van der Waals surface area contributed by atoms with E-state index in [-0.39, 0.29) is 36.1 Å². The van der Waals surface area contributed by atoms with Crippen LogP contribution in [-0.4, -0.2) is 73.9 Å². The minimum Gasteiger partial charge on any atom is -0.370 e. The third-order valence-corrected chi connectivity index (χ3v) is 5.22. The van der Waals surface area contributed by atoms with Crippen LogP contribution in [0.3, 0.4) is 0 Å². The zero-order chi connectivity index (χ0) is 20.1. The number of alkyl halides is 3. The van der Waals surface area contributed by atoms with Crippen LogP contribution in [0.15, 0.2) is 29.3 Å². The zero-order valence-electron chi connectivity index (χ0n) is 16.9. The first-order valence-electron chi connectivity index (χ1n) is 9.88. The molecule has 0 aromatic heterocycles. The molecule has 2 fully saturated rings. The highest BCUT2D eigenvalue weighted by molar-refractivity contribution is 14.0. The molecule has 9 heteroatoms. The number of aliphatic imine (C=N–C) groups is 1. The first kappa shape index (κ1) is 24.2. The molecule has 0 spiro atoms. The smallest absolute Gasteiger partial charge is 0.370 e. The van der Waals surface area contributed by atoms with Gasteiger partial charge in [-0.1, -0.05) is 24.3 Å². The van der Waals surface area contributed by atoms with Gasteiger partial charge in [-0.15, -0.1) is 24.0 Å². The summed E-state index contributed by atoms with van der Waals surface area (Å²) in [6, 6.07) is 8.16. The number of hydrogen-bond acceptors (Lipinski definition) is 3. The molecule has 2 aliphatic rings. The van der Waals surface area contributed by atoms with E-state index in [1.165, 1.54) is 16.0 Å². The quantitative estimate of drug-likeness (QED) is 0.370. The summed E-state index contributed by atoms with van der Waals surface area (Å²) in [7, 11) is 0. The van der Waals surface area contributed by atoms with Crippen molar-refractivity contribution in [2.75, 3.05) is 45.9 Å². The van der Waals surface area contributed by atoms with E-state index in [1.807, 2.05) is 19.1 Å². The van der Waals surface area contributed by atoms with Gasteiger partial charge < -0.3 is 15.0 Å². The summed E-state index contributed by atoms with van der Waals surface area (Å²) >= 11 is 0. The van der Waals surface area contributed by atoms with Gasteiger partial charge in [0, 0.05) is 32.2 Å². The lowest BCUT2D eigenvalue weighted by Crippen LogP contribution is -2.51. The predicted molar refractivity (Wildman–Crippen MR) is 119 cm³/mol. The van der Waals surface area contributed by atoms with E-state index >= 15 is 0 Å². The van der Waals surface area contributed by atoms with Crippen molar-refractivity contribution in [2.24, 2.45) is 4.99 Å². The first-order chi connectivity index (χ1) is 13.4. The van der Waals surface area contributed by atoms with Gasteiger partial charge in [-0.3, -0.25) is 9.89 Å². The Balaban J connectivity index is 0.00000300. The maximum atomic E-state index is 12.6. The zero-order valence-corrected chi connectivity index (χ0v) is 19.2. The Bertz CT molecular complexity index is 686. The number of benzene rings is 1. The average Bonchev–Trinajstić information content (AvgIpc) is 3.07. The summed E-state index contributed by atoms with van der Waals surface area (Å²) in [6.45, 7) is 6.62. The summed E-state index contributed by atoms with van der Waals surface area (Å²) < 4.78 is 43.9. The fourth-order valence-electron chi connectivity index (χ4n) is 3.89. The highest BCUT2D eigenvalue weighted by Gasteiger charge is 2.35. The Labute approximate surface area is 187 Å². The van der Waals surface area contributed by atoms with Crippen molar-refractivity contribution in [3.63, 3.8) is 0 Å². The van der Waals surface area contributed by atoms with E-state index in [0.717, 1.165) is 5.96 Å². The summed E-state index contributed by atoms with van der Waals surface area (Å²) in [5.74, 6) is 0.767. The van der Waals surface area contributed by atoms with E-state index in [2.05, 4.69) is 34.3 Å². The molecule has 1 N–H and O–H groups in total. The maximum Gasteiger partial charge on any atom is 0.401 e. The lowest BCUT2D eigenvalue weighted by Gasteiger charge is -2.36. The SMILES string of the molecule is CCN=C(NC1CCN(CC(F)(F)F)C1)N1CCOC(c2ccccc2C)C1.I. The van der Waals surface area contributed by atoms with Crippen molar-refractivity contribution >= 4 is 29.9 Å². The highest BCUT2D eigenvalue weighted by Crippen LogP contribution is 2.25. The minimum atomic E-state index is -4.15. The van der Waals surface area contributed by atoms with Crippen LogP contribution < -0.4 is 5.32 Å². The van der Waals surface area contributed by atoms with Crippen LogP contribution in [-0.2, 0) is 4.74 Å². The molecule has 0 radical (unpaired) electrons. The Kier molecular flexibility index (Phi) is 9.02. The number of hydrogen-bond donors (Lipinski definition) is 1. The van der Waals surface area contributed by atoms with Gasteiger partial charge in [0.2, 0.25) is 0 Å². The fraction of sp³-hybridized carbons (Fsp3) is 0.650. The number of aryl methyl sites for hydroxylation is 1. The molecular weight excluding hydrogens is 496 g/mol. The standard InChI is InChI=1S/C20H29F3N4O.HI/c1-3-24-19(25-16-8-9-26(12-16)14-20(21,22)23)27-10-11-28-18(13-27)17-7-5-4-6-15(17)2;/h4-7,16,18H,3,8-14H2,1-2H3,(H,24,25);1H. The second-order valence-electron chi connectivity index (χ2n) is 7.44. The summed E-state index contributed by atoms with van der Waals surface area (Å²) in [5, 5.41) is 3.40. The Morgan fingerprint density at radius 3 is 2.69 bits per heavy atom. The molecule has 2 atom stereocenters. The Morgan fingerprint density at radius 2 is 2.00 bits per heavy atom. The van der Waals surface area contributed by atoms with Crippen molar-refractivity contribution in [3.8, 4) is 0 Å². The molecule has 2 saturated heterocycles. The number of morpholine rings is 1. The van der Waals surface area contributed by atoms with Crippen LogP contribution in [0, 0.1) is 6.92 Å². The summed E-state index contributed by atoms with van der Waals surface area (Å²) in [5.41, 5.74) is 2.36. The molecule has 2 heterocycles. The molecular formula is C20H30F3IN4O. The number of nitrogens with one attached hydrogen (secondary N) is 1. The topological polar surface area (TPSA) is 40.1 Å². The van der Waals surface area contributed by atoms with E-state index in [1.54, 1.807) is 0 Å². The lowest BCUT2D eigenvalue weighted by molar-refractivity contribution is -0.143. The summed E-state index contributed by atoms with van der Waals surface area (Å²) in [4.78, 5) is 8.21. The number of rotatable bonds is 4. The molecule has 0 saturated carbocycles. The molecule has 2 aliphatic heterocycles. The average molecular weight is 526 g/mol. The van der Waals surface area contributed by atoms with Crippen LogP contribution in [0.1, 0.15) is 30.6 Å². The van der Waals surface area contributed by atoms with E-state index in [4.69, 9.17) is 4.74 Å². The van der Waals surface area contributed by atoms with Gasteiger partial charge >= 0.3 is 6.18 Å². The predicted octanol–water partition coefficient (Wildman–Crippen LogP) is 3.59. The van der Waals surface area contributed by atoms with Crippen LogP contribution in [0.2, 0.25) is 0 Å². The fourth-order valence-corrected chi connectivity index (χ4v) is 3.89. The Morgan fingerprint density at radius 1 is 1.24 bits per heavy atom. The molecule has 0 aliphatic carbocycles. The van der Waals surface area contributed by atoms with Crippen LogP contribution in [0.25, 0.3) is 0 Å². The molecule has 0 bridgehead atoms. The summed E-state index contributed by atoms with van der Waals surface area (Å²) in [6.07, 6.45) is -3.51. The second kappa shape index (κ2) is 10.8. The normalized spacial score (nSPS) is 23.8. The van der Waals surface area contributed by atoms with Gasteiger partial charge in [-0.05, 0) is 31.4 Å². The molecule has 0 amide bonds. The van der Waals surface area contributed by atoms with Crippen molar-refractivity contribution in [3.05, 3.63) is 35.4 Å². The molecule has 1 aromatic carbocycles. The van der Waals surface area contributed by atoms with Gasteiger partial charge in [0.1, 0.15) is 6.10 Å². The molecule has 2 unspecified atom stereocenters. The third kappa shape index (κ3) is 6.99. The van der Waals surface area contributed by atoms with E-state index < -0.39 is 12.7 Å². The number of ether oxygens (including phenoxy) is 1. The maximum absolute atomic E-state index is 12.6. The molecule has 1 aromatic rings. The van der Waals surface area contributed by atoms with Gasteiger partial charge in [-0.2, -0.15) is 13.2 Å². The van der Waals surface area contributed by atoms with Gasteiger partial charge in [0.05, 0.1) is 19.7 Å². The van der Waals surface area contributed by atoms with Crippen LogP contribution in [0.5, 0.6) is 0 Å². The van der Waals surface area contributed by atoms with Gasteiger partial charge in [0.25, 0.3) is 0 Å². The van der Waals surface area contributed by atoms with Crippen molar-refractivity contribution in [1.82, 2.24) is 15.1 Å². The lowest BCUT2D eigenvalue weighted by atomic mass is 10.0. The monoisotopic (exact) mass is 526 g/mol. The largest absolute Gasteiger partial charge is 0.401 e. The van der Waals surface area contributed by atoms with Crippen molar-refractivity contribution in [2.45, 2.75) is 38.6 Å². The van der Waals surface area contributed by atoms with Crippen molar-refractivity contribution < 1.29 is 17.9 Å². The number of halogens is 4. The number of likely N-dealkylation sites (tertiary alicyclic amines) is 1. The Hall–Kier alpha value is -1.07. The minimum absolute atomic E-state index is 0. The molecule has 5 nitrogen and oxygen atoms in total. The molecule has 3 rings (SSSR count). The second-order valence-corrected chi connectivity index (χ2v) is 7.44. The molecule has 29 heavy (non-hydrogen) atoms. The highest BCUT2D eigenvalue weighted by atomic mass is 127. The van der Waals surface area contributed by atoms with Crippen LogP contribution >= 0.6 is 24.0 Å². The van der Waals surface area contributed by atoms with Gasteiger partial charge in [0.15, 0.2) is 5.96 Å². The van der Waals surface area contributed by atoms with Gasteiger partial charge in [-0.25, -0.2) is 0 Å². The number of guanidine groups is 1. The van der Waals surface area contributed by atoms with Crippen LogP contribution in [0.4, 0.5) is 13.2 Å². The van der Waals surface area contributed by atoms with E-state index in [0.29, 0.717) is 45.8 Å². The number of nitrogens with zero attached hydrogens (tertiary/aromatic N) is 3. The third-order valence-electron chi connectivity index (χ3n) is 5.22. The van der Waals surface area contributed by atoms with E-state index in [9.17, 15) is 13.2 Å². The first-order valence-corrected chi connectivity index (χ1v) is 9.88. The van der Waals surface area contributed by atoms with Crippen molar-refractivity contribution in [1.29, 1.82) is 0 Å².